The summed E-state index contributed by atoms with van der Waals surface area (Å²) in [5.41, 5.74) is 1.41. The van der Waals surface area contributed by atoms with Crippen LogP contribution in [0.2, 0.25) is 0 Å². The van der Waals surface area contributed by atoms with Crippen molar-refractivity contribution in [2.45, 2.75) is 55.5 Å². The normalized spacial score (nSPS) is 15.6. The lowest BCUT2D eigenvalue weighted by atomic mass is 10.2. The zero-order valence-electron chi connectivity index (χ0n) is 18.8. The van der Waals surface area contributed by atoms with Gasteiger partial charge in [0.15, 0.2) is 11.0 Å². The Kier molecular flexibility index (Phi) is 6.91. The molecular weight excluding hydrogens is 462 g/mol. The number of hydrogen-bond donors (Lipinski definition) is 1. The third-order valence-electron chi connectivity index (χ3n) is 5.61. The molecule has 0 aliphatic carbocycles. The Morgan fingerprint density at radius 2 is 1.88 bits per heavy atom. The van der Waals surface area contributed by atoms with Gasteiger partial charge < -0.3 is 14.3 Å². The predicted molar refractivity (Wildman–Crippen MR) is 127 cm³/mol. The van der Waals surface area contributed by atoms with E-state index in [1.54, 1.807) is 25.3 Å². The number of carbonyl (C=O) groups is 1. The van der Waals surface area contributed by atoms with Crippen molar-refractivity contribution in [3.05, 3.63) is 42.4 Å². The number of sulfonamides is 1. The Morgan fingerprint density at radius 3 is 2.48 bits per heavy atom. The molecule has 1 aliphatic heterocycles. The first-order valence-corrected chi connectivity index (χ1v) is 13.2. The van der Waals surface area contributed by atoms with Gasteiger partial charge in [0, 0.05) is 25.3 Å². The molecule has 176 valence electrons. The highest BCUT2D eigenvalue weighted by molar-refractivity contribution is 8.00. The fraction of sp³-hybridized carbons (Fsp3) is 0.409. The van der Waals surface area contributed by atoms with Crippen LogP contribution in [0.25, 0.3) is 11.4 Å². The van der Waals surface area contributed by atoms with Crippen molar-refractivity contribution in [2.75, 3.05) is 18.4 Å². The predicted octanol–water partition coefficient (Wildman–Crippen LogP) is 3.77. The molecule has 3 aromatic rings. The van der Waals surface area contributed by atoms with Gasteiger partial charge >= 0.3 is 0 Å². The second-order valence-corrected chi connectivity index (χ2v) is 11.1. The van der Waals surface area contributed by atoms with Gasteiger partial charge in [-0.15, -0.1) is 10.2 Å². The number of thioether (sulfide) groups is 1. The van der Waals surface area contributed by atoms with Crippen molar-refractivity contribution in [1.82, 2.24) is 19.1 Å². The fourth-order valence-electron chi connectivity index (χ4n) is 3.72. The minimum absolute atomic E-state index is 0.207. The van der Waals surface area contributed by atoms with Crippen LogP contribution in [-0.2, 0) is 21.4 Å². The number of nitrogens with zero attached hydrogens (tertiary/aromatic N) is 4. The average molecular weight is 490 g/mol. The maximum Gasteiger partial charge on any atom is 0.243 e. The molecule has 0 bridgehead atoms. The second-order valence-electron chi connectivity index (χ2n) is 7.83. The lowest BCUT2D eigenvalue weighted by Crippen LogP contribution is -2.27. The topological polar surface area (TPSA) is 110 Å². The highest BCUT2D eigenvalue weighted by Gasteiger charge is 2.27. The van der Waals surface area contributed by atoms with Crippen LogP contribution in [-0.4, -0.2) is 51.7 Å². The molecule has 0 spiro atoms. The Labute approximate surface area is 197 Å². The maximum atomic E-state index is 12.8. The molecule has 9 nitrogen and oxygen atoms in total. The number of nitrogens with one attached hydrogen (secondary N) is 1. The molecule has 3 heterocycles. The Hall–Kier alpha value is -2.63. The molecule has 1 saturated heterocycles. The van der Waals surface area contributed by atoms with E-state index < -0.39 is 15.3 Å². The van der Waals surface area contributed by atoms with Gasteiger partial charge in [0.1, 0.15) is 5.76 Å². The Morgan fingerprint density at radius 1 is 1.18 bits per heavy atom. The number of anilines is 1. The first kappa shape index (κ1) is 23.5. The summed E-state index contributed by atoms with van der Waals surface area (Å²) in [7, 11) is -3.48. The van der Waals surface area contributed by atoms with Gasteiger partial charge in [0.25, 0.3) is 0 Å². The Balaban J connectivity index is 1.42. The van der Waals surface area contributed by atoms with E-state index in [2.05, 4.69) is 15.5 Å². The quantitative estimate of drug-likeness (QED) is 0.480. The summed E-state index contributed by atoms with van der Waals surface area (Å²) in [4.78, 5) is 13.0. The number of hydrogen-bond acceptors (Lipinski definition) is 7. The van der Waals surface area contributed by atoms with Crippen LogP contribution in [0.4, 0.5) is 5.69 Å². The van der Waals surface area contributed by atoms with Crippen molar-refractivity contribution in [2.24, 2.45) is 0 Å². The van der Waals surface area contributed by atoms with Crippen molar-refractivity contribution in [3.63, 3.8) is 0 Å². The van der Waals surface area contributed by atoms with Crippen LogP contribution in [0, 0.1) is 6.92 Å². The summed E-state index contributed by atoms with van der Waals surface area (Å²) in [6.07, 6.45) is 3.39. The van der Waals surface area contributed by atoms with Gasteiger partial charge in [0.05, 0.1) is 22.0 Å². The molecule has 4 rings (SSSR count). The van der Waals surface area contributed by atoms with Crippen molar-refractivity contribution < 1.29 is 17.6 Å². The molecule has 1 amide bonds. The van der Waals surface area contributed by atoms with Crippen LogP contribution in [0.15, 0.2) is 51.1 Å². The minimum atomic E-state index is -3.48. The molecule has 11 heteroatoms. The van der Waals surface area contributed by atoms with Crippen LogP contribution in [0.3, 0.4) is 0 Å². The first-order valence-electron chi connectivity index (χ1n) is 10.9. The SMILES string of the molecule is CCn1c(S[C@@H](C)C(=O)Nc2ccc(S(=O)(=O)N3CCCC3)cc2)nnc1-c1ccoc1C. The molecule has 2 aromatic heterocycles. The Bertz CT molecular complexity index is 1230. The molecule has 0 unspecified atom stereocenters. The highest BCUT2D eigenvalue weighted by Crippen LogP contribution is 2.29. The third kappa shape index (κ3) is 4.85. The van der Waals surface area contributed by atoms with Crippen molar-refractivity contribution in [1.29, 1.82) is 0 Å². The highest BCUT2D eigenvalue weighted by atomic mass is 32.2. The molecule has 1 atom stereocenters. The molecule has 1 N–H and O–H groups in total. The molecule has 0 saturated carbocycles. The van der Waals surface area contributed by atoms with E-state index in [-0.39, 0.29) is 10.8 Å². The van der Waals surface area contributed by atoms with Gasteiger partial charge in [-0.25, -0.2) is 8.42 Å². The van der Waals surface area contributed by atoms with Gasteiger partial charge in [-0.3, -0.25) is 4.79 Å². The summed E-state index contributed by atoms with van der Waals surface area (Å²) in [6, 6.07) is 8.16. The van der Waals surface area contributed by atoms with E-state index in [1.807, 2.05) is 24.5 Å². The number of amides is 1. The van der Waals surface area contributed by atoms with E-state index in [4.69, 9.17) is 4.42 Å². The number of aromatic nitrogens is 3. The molecule has 33 heavy (non-hydrogen) atoms. The summed E-state index contributed by atoms with van der Waals surface area (Å²) in [5.74, 6) is 1.25. The number of aryl methyl sites for hydroxylation is 1. The number of rotatable bonds is 8. The smallest absolute Gasteiger partial charge is 0.243 e. The summed E-state index contributed by atoms with van der Waals surface area (Å²) >= 11 is 1.31. The number of benzene rings is 1. The summed E-state index contributed by atoms with van der Waals surface area (Å²) < 4.78 is 34.2. The molecular formula is C22H27N5O4S2. The third-order valence-corrected chi connectivity index (χ3v) is 8.60. The molecule has 1 aromatic carbocycles. The molecule has 0 radical (unpaired) electrons. The number of carbonyl (C=O) groups excluding carboxylic acids is 1. The van der Waals surface area contributed by atoms with Crippen LogP contribution in [0.1, 0.15) is 32.4 Å². The zero-order valence-corrected chi connectivity index (χ0v) is 20.4. The van der Waals surface area contributed by atoms with Crippen molar-refractivity contribution in [3.8, 4) is 11.4 Å². The summed E-state index contributed by atoms with van der Waals surface area (Å²) in [5, 5.41) is 11.6. The van der Waals surface area contributed by atoms with Crippen LogP contribution < -0.4 is 5.32 Å². The molecule has 1 fully saturated rings. The average Bonchev–Trinajstić information content (AvgIpc) is 3.55. The van der Waals surface area contributed by atoms with Gasteiger partial charge in [-0.2, -0.15) is 4.31 Å². The number of furan rings is 1. The standard InChI is InChI=1S/C22H27N5O4S2/c1-4-27-20(19-11-14-31-15(19)2)24-25-22(27)32-16(3)21(28)23-17-7-9-18(10-8-17)33(29,30)26-12-5-6-13-26/h7-11,14,16H,4-6,12-13H2,1-3H3,(H,23,28)/t16-/m0/s1. The van der Waals surface area contributed by atoms with Gasteiger partial charge in [-0.1, -0.05) is 11.8 Å². The van der Waals surface area contributed by atoms with Gasteiger partial charge in [-0.05, 0) is 63.9 Å². The van der Waals surface area contributed by atoms with E-state index >= 15 is 0 Å². The second kappa shape index (κ2) is 9.70. The lowest BCUT2D eigenvalue weighted by Gasteiger charge is -2.16. The van der Waals surface area contributed by atoms with Crippen molar-refractivity contribution >= 4 is 33.4 Å². The van der Waals surface area contributed by atoms with Crippen LogP contribution >= 0.6 is 11.8 Å². The fourth-order valence-corrected chi connectivity index (χ4v) is 6.15. The van der Waals surface area contributed by atoms with Gasteiger partial charge in [0.2, 0.25) is 15.9 Å². The molecule has 1 aliphatic rings. The van der Waals surface area contributed by atoms with E-state index in [9.17, 15) is 13.2 Å². The monoisotopic (exact) mass is 489 g/mol. The lowest BCUT2D eigenvalue weighted by molar-refractivity contribution is -0.115. The first-order chi connectivity index (χ1) is 15.8. The van der Waals surface area contributed by atoms with E-state index in [0.717, 1.165) is 24.2 Å². The van der Waals surface area contributed by atoms with E-state index in [1.165, 1.54) is 28.2 Å². The van der Waals surface area contributed by atoms with E-state index in [0.29, 0.717) is 36.3 Å². The largest absolute Gasteiger partial charge is 0.469 e. The zero-order chi connectivity index (χ0) is 23.6. The van der Waals surface area contributed by atoms with Crippen LogP contribution in [0.5, 0.6) is 0 Å². The maximum absolute atomic E-state index is 12.8. The summed E-state index contributed by atoms with van der Waals surface area (Å²) in [6.45, 7) is 7.42. The minimum Gasteiger partial charge on any atom is -0.469 e.